The Bertz CT molecular complexity index is 956. The Morgan fingerprint density at radius 3 is 2.35 bits per heavy atom. The van der Waals surface area contributed by atoms with Crippen LogP contribution in [0.1, 0.15) is 38.7 Å². The number of hydrogen-bond donors (Lipinski definition) is 4. The third-order valence-corrected chi connectivity index (χ3v) is 4.65. The van der Waals surface area contributed by atoms with Gasteiger partial charge in [-0.3, -0.25) is 4.79 Å². The van der Waals surface area contributed by atoms with Crippen LogP contribution in [0.4, 0.5) is 11.4 Å². The van der Waals surface area contributed by atoms with Crippen molar-refractivity contribution in [2.75, 3.05) is 10.6 Å². The van der Waals surface area contributed by atoms with Gasteiger partial charge < -0.3 is 20.6 Å². The molecular formula is C20H24N4O2. The van der Waals surface area contributed by atoms with Crippen LogP contribution in [0.25, 0.3) is 11.0 Å². The minimum atomic E-state index is -0.398. The predicted octanol–water partition coefficient (Wildman–Crippen LogP) is 3.81. The molecule has 0 bridgehead atoms. The molecule has 1 aromatic heterocycles. The van der Waals surface area contributed by atoms with Crippen LogP contribution < -0.4 is 16.3 Å². The number of fused-ring (bicyclic) bond motifs is 1. The first-order chi connectivity index (χ1) is 12.5. The summed E-state index contributed by atoms with van der Waals surface area (Å²) in [4.78, 5) is 29.1. The van der Waals surface area contributed by atoms with Gasteiger partial charge in [-0.25, -0.2) is 4.79 Å². The van der Waals surface area contributed by atoms with Crippen LogP contribution >= 0.6 is 0 Å². The lowest BCUT2D eigenvalue weighted by Crippen LogP contribution is -2.31. The first kappa shape index (κ1) is 17.8. The lowest BCUT2D eigenvalue weighted by molar-refractivity contribution is -0.116. The van der Waals surface area contributed by atoms with Crippen molar-refractivity contribution in [1.82, 2.24) is 9.97 Å². The number of nitrogens with one attached hydrogen (secondary N) is 4. The molecule has 0 aliphatic heterocycles. The molecule has 0 fully saturated rings. The van der Waals surface area contributed by atoms with Gasteiger partial charge in [0.2, 0.25) is 5.91 Å². The summed E-state index contributed by atoms with van der Waals surface area (Å²) in [6.45, 7) is 6.19. The van der Waals surface area contributed by atoms with Crippen LogP contribution in [-0.4, -0.2) is 21.9 Å². The number of imidazole rings is 1. The monoisotopic (exact) mass is 352 g/mol. The van der Waals surface area contributed by atoms with E-state index in [4.69, 9.17) is 0 Å². The molecule has 1 amide bonds. The minimum absolute atomic E-state index is 0.145. The molecule has 0 unspecified atom stereocenters. The van der Waals surface area contributed by atoms with Crippen LogP contribution in [-0.2, 0) is 4.79 Å². The maximum atomic E-state index is 12.4. The van der Waals surface area contributed by atoms with Crippen molar-refractivity contribution in [3.05, 3.63) is 58.5 Å². The second-order valence-electron chi connectivity index (χ2n) is 6.63. The Labute approximate surface area is 152 Å². The quantitative estimate of drug-likeness (QED) is 0.544. The van der Waals surface area contributed by atoms with Gasteiger partial charge in [-0.05, 0) is 55.2 Å². The van der Waals surface area contributed by atoms with E-state index in [1.165, 1.54) is 5.56 Å². The maximum Gasteiger partial charge on any atom is 0.323 e. The summed E-state index contributed by atoms with van der Waals surface area (Å²) in [5, 5.41) is 6.08. The molecule has 0 saturated carbocycles. The van der Waals surface area contributed by atoms with E-state index in [2.05, 4.69) is 46.6 Å². The number of carbonyl (C=O) groups is 1. The first-order valence-corrected chi connectivity index (χ1v) is 8.85. The molecule has 6 nitrogen and oxygen atoms in total. The van der Waals surface area contributed by atoms with Gasteiger partial charge >= 0.3 is 5.69 Å². The Morgan fingerprint density at radius 2 is 1.65 bits per heavy atom. The third-order valence-electron chi connectivity index (χ3n) is 4.65. The number of anilines is 2. The number of aromatic nitrogens is 2. The molecule has 4 N–H and O–H groups in total. The molecule has 0 radical (unpaired) electrons. The summed E-state index contributed by atoms with van der Waals surface area (Å²) in [5.41, 5.74) is 3.95. The molecule has 3 rings (SSSR count). The number of carbonyl (C=O) groups excluding carboxylic acids is 1. The van der Waals surface area contributed by atoms with E-state index in [9.17, 15) is 9.59 Å². The molecule has 0 aliphatic rings. The van der Waals surface area contributed by atoms with Gasteiger partial charge in [0.15, 0.2) is 0 Å². The number of amides is 1. The van der Waals surface area contributed by atoms with Crippen molar-refractivity contribution in [1.29, 1.82) is 0 Å². The number of aromatic amines is 2. The third kappa shape index (κ3) is 3.96. The summed E-state index contributed by atoms with van der Waals surface area (Å²) < 4.78 is 0. The fraction of sp³-hybridized carbons (Fsp3) is 0.300. The largest absolute Gasteiger partial charge is 0.374 e. The van der Waals surface area contributed by atoms with Gasteiger partial charge in [0, 0.05) is 11.4 Å². The van der Waals surface area contributed by atoms with Gasteiger partial charge in [0.25, 0.3) is 0 Å². The van der Waals surface area contributed by atoms with Crippen LogP contribution in [0.15, 0.2) is 47.3 Å². The first-order valence-electron chi connectivity index (χ1n) is 8.85. The van der Waals surface area contributed by atoms with E-state index in [1.54, 1.807) is 18.2 Å². The second-order valence-corrected chi connectivity index (χ2v) is 6.63. The van der Waals surface area contributed by atoms with Gasteiger partial charge in [0.1, 0.15) is 6.04 Å². The molecule has 136 valence electrons. The Hall–Kier alpha value is -3.02. The molecule has 1 heterocycles. The maximum absolute atomic E-state index is 12.4. The van der Waals surface area contributed by atoms with Crippen molar-refractivity contribution in [2.24, 2.45) is 0 Å². The molecule has 26 heavy (non-hydrogen) atoms. The summed E-state index contributed by atoms with van der Waals surface area (Å²) in [7, 11) is 0. The fourth-order valence-electron chi connectivity index (χ4n) is 2.82. The van der Waals surface area contributed by atoms with Gasteiger partial charge in [-0.15, -0.1) is 0 Å². The Kier molecular flexibility index (Phi) is 5.11. The van der Waals surface area contributed by atoms with Gasteiger partial charge in [0.05, 0.1) is 11.0 Å². The van der Waals surface area contributed by atoms with Crippen molar-refractivity contribution in [3.63, 3.8) is 0 Å². The lowest BCUT2D eigenvalue weighted by atomic mass is 9.98. The topological polar surface area (TPSA) is 89.8 Å². The average molecular weight is 352 g/mol. The van der Waals surface area contributed by atoms with E-state index in [-0.39, 0.29) is 11.6 Å². The normalized spacial score (nSPS) is 13.3. The number of rotatable bonds is 6. The van der Waals surface area contributed by atoms with Crippen molar-refractivity contribution in [3.8, 4) is 0 Å². The number of H-pyrrole nitrogens is 2. The lowest BCUT2D eigenvalue weighted by Gasteiger charge is -2.16. The van der Waals surface area contributed by atoms with Crippen LogP contribution in [0, 0.1) is 0 Å². The molecule has 2 aromatic carbocycles. The van der Waals surface area contributed by atoms with Crippen molar-refractivity contribution >= 4 is 28.3 Å². The van der Waals surface area contributed by atoms with E-state index in [1.807, 2.05) is 19.1 Å². The molecular weight excluding hydrogens is 328 g/mol. The minimum Gasteiger partial charge on any atom is -0.374 e. The van der Waals surface area contributed by atoms with E-state index >= 15 is 0 Å². The average Bonchev–Trinajstić information content (AvgIpc) is 3.00. The van der Waals surface area contributed by atoms with Crippen LogP contribution in [0.2, 0.25) is 0 Å². The fourth-order valence-corrected chi connectivity index (χ4v) is 2.82. The van der Waals surface area contributed by atoms with Crippen molar-refractivity contribution < 1.29 is 4.79 Å². The highest BCUT2D eigenvalue weighted by molar-refractivity contribution is 5.97. The van der Waals surface area contributed by atoms with E-state index < -0.39 is 6.04 Å². The standard InChI is InChI=1S/C20H24N4O2/c1-4-12(2)14-5-7-15(8-6-14)21-13(3)19(25)22-16-9-10-17-18(11-16)24-20(26)23-17/h5-13,21H,4H2,1-3H3,(H,22,25)(H2,23,24,26)/t12-,13-/m0/s1. The van der Waals surface area contributed by atoms with Crippen LogP contribution in [0.5, 0.6) is 0 Å². The van der Waals surface area contributed by atoms with E-state index in [0.29, 0.717) is 22.6 Å². The summed E-state index contributed by atoms with van der Waals surface area (Å²) in [6.07, 6.45) is 1.10. The molecule has 3 aromatic rings. The zero-order valence-electron chi connectivity index (χ0n) is 15.2. The van der Waals surface area contributed by atoms with Crippen LogP contribution in [0.3, 0.4) is 0 Å². The molecule has 0 spiro atoms. The van der Waals surface area contributed by atoms with Gasteiger partial charge in [-0.2, -0.15) is 0 Å². The number of hydrogen-bond acceptors (Lipinski definition) is 3. The SMILES string of the molecule is CC[C@H](C)c1ccc(N[C@@H](C)C(=O)Nc2ccc3[nH]c(=O)[nH]c3c2)cc1. The predicted molar refractivity (Wildman–Crippen MR) is 106 cm³/mol. The Morgan fingerprint density at radius 1 is 1.00 bits per heavy atom. The zero-order valence-corrected chi connectivity index (χ0v) is 15.2. The van der Waals surface area contributed by atoms with Gasteiger partial charge in [-0.1, -0.05) is 26.0 Å². The zero-order chi connectivity index (χ0) is 18.7. The summed E-state index contributed by atoms with van der Waals surface area (Å²) in [5.74, 6) is 0.382. The highest BCUT2D eigenvalue weighted by atomic mass is 16.2. The highest BCUT2D eigenvalue weighted by Crippen LogP contribution is 2.21. The van der Waals surface area contributed by atoms with Crippen molar-refractivity contribution in [2.45, 2.75) is 39.2 Å². The highest BCUT2D eigenvalue weighted by Gasteiger charge is 2.13. The Balaban J connectivity index is 1.64. The molecule has 2 atom stereocenters. The molecule has 6 heteroatoms. The molecule has 0 aliphatic carbocycles. The smallest absolute Gasteiger partial charge is 0.323 e. The second kappa shape index (κ2) is 7.47. The summed E-state index contributed by atoms with van der Waals surface area (Å²) in [6, 6.07) is 13.1. The molecule has 0 saturated heterocycles. The summed E-state index contributed by atoms with van der Waals surface area (Å²) >= 11 is 0. The number of benzene rings is 2. The van der Waals surface area contributed by atoms with E-state index in [0.717, 1.165) is 12.1 Å².